The summed E-state index contributed by atoms with van der Waals surface area (Å²) in [5.41, 5.74) is 0.440. The Balaban J connectivity index is 2.80. The lowest BCUT2D eigenvalue weighted by atomic mass is 10.1. The zero-order valence-electron chi connectivity index (χ0n) is 11.6. The van der Waals surface area contributed by atoms with Gasteiger partial charge >= 0.3 is 5.97 Å². The van der Waals surface area contributed by atoms with Gasteiger partial charge in [0.1, 0.15) is 5.56 Å². The zero-order valence-corrected chi connectivity index (χ0v) is 12.4. The summed E-state index contributed by atoms with van der Waals surface area (Å²) in [6.45, 7) is 4.81. The van der Waals surface area contributed by atoms with Gasteiger partial charge < -0.3 is 9.30 Å². The largest absolute Gasteiger partial charge is 0.465 e. The number of methoxy groups -OCH3 is 1. The summed E-state index contributed by atoms with van der Waals surface area (Å²) in [4.78, 5) is 24.0. The lowest BCUT2D eigenvalue weighted by molar-refractivity contribution is 0.0598. The summed E-state index contributed by atoms with van der Waals surface area (Å²) in [5, 5.41) is 1.03. The van der Waals surface area contributed by atoms with Crippen molar-refractivity contribution in [1.29, 1.82) is 0 Å². The molecule has 106 valence electrons. The number of carbonyl (C=O) groups is 1. The van der Waals surface area contributed by atoms with E-state index in [-0.39, 0.29) is 11.0 Å². The van der Waals surface area contributed by atoms with E-state index in [0.717, 1.165) is 5.52 Å². The maximum absolute atomic E-state index is 12.3. The van der Waals surface area contributed by atoms with Crippen LogP contribution in [0, 0.1) is 5.92 Å². The summed E-state index contributed by atoms with van der Waals surface area (Å²) in [6.07, 6.45) is 1.55. The Morgan fingerprint density at radius 1 is 1.40 bits per heavy atom. The summed E-state index contributed by atoms with van der Waals surface area (Å²) in [7, 11) is 1.26. The summed E-state index contributed by atoms with van der Waals surface area (Å²) in [5.74, 6) is -0.255. The lowest BCUT2D eigenvalue weighted by Crippen LogP contribution is -2.21. The summed E-state index contributed by atoms with van der Waals surface area (Å²) in [6, 6.07) is 5.02. The normalized spacial score (nSPS) is 11.1. The molecule has 0 radical (unpaired) electrons. The van der Waals surface area contributed by atoms with Crippen LogP contribution in [0.2, 0.25) is 5.02 Å². The van der Waals surface area contributed by atoms with Crippen molar-refractivity contribution in [2.24, 2.45) is 5.92 Å². The van der Waals surface area contributed by atoms with Gasteiger partial charge in [0, 0.05) is 23.2 Å². The van der Waals surface area contributed by atoms with Crippen LogP contribution in [0.1, 0.15) is 24.2 Å². The Hall–Kier alpha value is -1.81. The maximum Gasteiger partial charge on any atom is 0.343 e. The van der Waals surface area contributed by atoms with Crippen molar-refractivity contribution in [2.45, 2.75) is 20.4 Å². The minimum atomic E-state index is -0.621. The zero-order chi connectivity index (χ0) is 14.9. The van der Waals surface area contributed by atoms with Gasteiger partial charge in [0.2, 0.25) is 5.43 Å². The molecule has 0 unspecified atom stereocenters. The summed E-state index contributed by atoms with van der Waals surface area (Å²) >= 11 is 6.00. The number of carbonyl (C=O) groups excluding carboxylic acids is 1. The van der Waals surface area contributed by atoms with Gasteiger partial charge in [0.25, 0.3) is 0 Å². The number of nitrogens with zero attached hydrogens (tertiary/aromatic N) is 1. The van der Waals surface area contributed by atoms with Crippen molar-refractivity contribution in [3.05, 3.63) is 45.2 Å². The molecule has 0 amide bonds. The van der Waals surface area contributed by atoms with E-state index in [1.807, 2.05) is 4.57 Å². The highest BCUT2D eigenvalue weighted by Gasteiger charge is 2.16. The molecule has 0 aliphatic heterocycles. The SMILES string of the molecule is COC(=O)c1cn(CC(C)C)c2cc(Cl)ccc2c1=O. The Bertz CT molecular complexity index is 719. The predicted molar refractivity (Wildman–Crippen MR) is 79.4 cm³/mol. The molecule has 4 nitrogen and oxygen atoms in total. The van der Waals surface area contributed by atoms with E-state index in [2.05, 4.69) is 18.6 Å². The molecule has 0 saturated heterocycles. The van der Waals surface area contributed by atoms with E-state index in [9.17, 15) is 9.59 Å². The van der Waals surface area contributed by atoms with Gasteiger partial charge in [-0.3, -0.25) is 4.79 Å². The molecule has 5 heteroatoms. The number of rotatable bonds is 3. The number of benzene rings is 1. The number of halogens is 1. The van der Waals surface area contributed by atoms with Gasteiger partial charge in [-0.2, -0.15) is 0 Å². The van der Waals surface area contributed by atoms with E-state index in [4.69, 9.17) is 11.6 Å². The van der Waals surface area contributed by atoms with Crippen LogP contribution in [0.5, 0.6) is 0 Å². The molecule has 1 heterocycles. The molecule has 0 saturated carbocycles. The second-order valence-corrected chi connectivity index (χ2v) is 5.51. The number of esters is 1. The minimum Gasteiger partial charge on any atom is -0.465 e. The van der Waals surface area contributed by atoms with E-state index < -0.39 is 5.97 Å². The molecule has 0 spiro atoms. The topological polar surface area (TPSA) is 48.3 Å². The highest BCUT2D eigenvalue weighted by molar-refractivity contribution is 6.31. The van der Waals surface area contributed by atoms with Crippen LogP contribution in [-0.4, -0.2) is 17.6 Å². The fraction of sp³-hybridized carbons (Fsp3) is 0.333. The van der Waals surface area contributed by atoms with Crippen LogP contribution >= 0.6 is 11.6 Å². The lowest BCUT2D eigenvalue weighted by Gasteiger charge is -2.15. The number of ether oxygens (including phenoxy) is 1. The third kappa shape index (κ3) is 2.70. The molecular formula is C15H16ClNO3. The van der Waals surface area contributed by atoms with Gasteiger partial charge in [-0.1, -0.05) is 25.4 Å². The molecule has 0 N–H and O–H groups in total. The van der Waals surface area contributed by atoms with Crippen LogP contribution in [0.25, 0.3) is 10.9 Å². The van der Waals surface area contributed by atoms with Gasteiger partial charge in [0.05, 0.1) is 12.6 Å². The van der Waals surface area contributed by atoms with Crippen molar-refractivity contribution in [3.8, 4) is 0 Å². The van der Waals surface area contributed by atoms with E-state index in [0.29, 0.717) is 22.9 Å². The number of fused-ring (bicyclic) bond motifs is 1. The van der Waals surface area contributed by atoms with Crippen LogP contribution in [0.15, 0.2) is 29.2 Å². The molecule has 1 aromatic heterocycles. The first-order valence-corrected chi connectivity index (χ1v) is 6.73. The molecule has 0 atom stereocenters. The molecule has 0 aliphatic rings. The average molecular weight is 294 g/mol. The third-order valence-electron chi connectivity index (χ3n) is 3.01. The number of aromatic nitrogens is 1. The van der Waals surface area contributed by atoms with Crippen molar-refractivity contribution >= 4 is 28.5 Å². The third-order valence-corrected chi connectivity index (χ3v) is 3.25. The van der Waals surface area contributed by atoms with Crippen molar-refractivity contribution in [2.75, 3.05) is 7.11 Å². The molecule has 2 rings (SSSR count). The van der Waals surface area contributed by atoms with E-state index in [1.54, 1.807) is 24.4 Å². The minimum absolute atomic E-state index is 0.0444. The second kappa shape index (κ2) is 5.67. The second-order valence-electron chi connectivity index (χ2n) is 5.07. The standard InChI is InChI=1S/C15H16ClNO3/c1-9(2)7-17-8-12(15(19)20-3)14(18)11-5-4-10(16)6-13(11)17/h4-6,8-9H,7H2,1-3H3. The van der Waals surface area contributed by atoms with Gasteiger partial charge in [-0.05, 0) is 24.1 Å². The van der Waals surface area contributed by atoms with E-state index in [1.165, 1.54) is 7.11 Å². The van der Waals surface area contributed by atoms with Crippen LogP contribution < -0.4 is 5.43 Å². The van der Waals surface area contributed by atoms with Crippen molar-refractivity contribution in [3.63, 3.8) is 0 Å². The molecule has 0 bridgehead atoms. The first-order valence-electron chi connectivity index (χ1n) is 6.35. The Kier molecular flexibility index (Phi) is 4.14. The summed E-state index contributed by atoms with van der Waals surface area (Å²) < 4.78 is 6.55. The monoisotopic (exact) mass is 293 g/mol. The van der Waals surface area contributed by atoms with Gasteiger partial charge in [-0.15, -0.1) is 0 Å². The average Bonchev–Trinajstić information content (AvgIpc) is 2.40. The van der Waals surface area contributed by atoms with Crippen LogP contribution in [0.3, 0.4) is 0 Å². The molecule has 0 fully saturated rings. The van der Waals surface area contributed by atoms with Crippen molar-refractivity contribution < 1.29 is 9.53 Å². The Morgan fingerprint density at radius 2 is 2.10 bits per heavy atom. The first kappa shape index (κ1) is 14.6. The highest BCUT2D eigenvalue weighted by atomic mass is 35.5. The van der Waals surface area contributed by atoms with Gasteiger partial charge in [-0.25, -0.2) is 4.79 Å². The smallest absolute Gasteiger partial charge is 0.343 e. The van der Waals surface area contributed by atoms with Crippen LogP contribution in [0.4, 0.5) is 0 Å². The van der Waals surface area contributed by atoms with Gasteiger partial charge in [0.15, 0.2) is 0 Å². The first-order chi connectivity index (χ1) is 9.43. The molecular weight excluding hydrogens is 278 g/mol. The number of hydrogen-bond donors (Lipinski definition) is 0. The molecule has 0 aliphatic carbocycles. The van der Waals surface area contributed by atoms with Crippen molar-refractivity contribution in [1.82, 2.24) is 4.57 Å². The fourth-order valence-corrected chi connectivity index (χ4v) is 2.33. The van der Waals surface area contributed by atoms with Crippen LogP contribution in [-0.2, 0) is 11.3 Å². The Labute approximate surface area is 121 Å². The number of pyridine rings is 1. The Morgan fingerprint density at radius 3 is 2.70 bits per heavy atom. The molecule has 20 heavy (non-hydrogen) atoms. The molecule has 1 aromatic carbocycles. The quantitative estimate of drug-likeness (QED) is 0.817. The number of hydrogen-bond acceptors (Lipinski definition) is 3. The van der Waals surface area contributed by atoms with E-state index >= 15 is 0 Å². The predicted octanol–water partition coefficient (Wildman–Crippen LogP) is 3.10. The fourth-order valence-electron chi connectivity index (χ4n) is 2.16. The maximum atomic E-state index is 12.3. The highest BCUT2D eigenvalue weighted by Crippen LogP contribution is 2.19. The molecule has 2 aromatic rings.